The van der Waals surface area contributed by atoms with E-state index in [4.69, 9.17) is 0 Å². The molecule has 0 aliphatic carbocycles. The van der Waals surface area contributed by atoms with Gasteiger partial charge in [0.1, 0.15) is 0 Å². The van der Waals surface area contributed by atoms with E-state index in [9.17, 15) is 9.90 Å². The lowest BCUT2D eigenvalue weighted by Gasteiger charge is -2.11. The topological polar surface area (TPSA) is 40.1 Å². The normalized spacial score (nSPS) is 11.4. The van der Waals surface area contributed by atoms with E-state index in [0.29, 0.717) is 0 Å². The monoisotopic (exact) mass is 185 g/mol. The molecule has 0 bridgehead atoms. The van der Waals surface area contributed by atoms with E-state index < -0.39 is 11.9 Å². The largest absolute Gasteiger partial charge is 0.550 e. The van der Waals surface area contributed by atoms with Gasteiger partial charge in [0.05, 0.1) is 0 Å². The van der Waals surface area contributed by atoms with Crippen LogP contribution in [0.4, 0.5) is 0 Å². The van der Waals surface area contributed by atoms with Gasteiger partial charge >= 0.3 is 0 Å². The van der Waals surface area contributed by atoms with Crippen LogP contribution >= 0.6 is 12.4 Å². The first-order valence-electron chi connectivity index (χ1n) is 3.47. The molecule has 1 rings (SSSR count). The molecule has 0 aliphatic rings. The fraction of sp³-hybridized carbons (Fsp3) is 0.222. The number of carbonyl (C=O) groups is 1. The zero-order valence-corrected chi connectivity index (χ0v) is 7.51. The lowest BCUT2D eigenvalue weighted by Crippen LogP contribution is -2.27. The summed E-state index contributed by atoms with van der Waals surface area (Å²) in [6.45, 7) is 1.62. The fourth-order valence-electron chi connectivity index (χ4n) is 0.878. The van der Waals surface area contributed by atoms with Gasteiger partial charge in [-0.1, -0.05) is 37.3 Å². The second-order valence-electron chi connectivity index (χ2n) is 2.45. The highest BCUT2D eigenvalue weighted by Crippen LogP contribution is 2.12. The SMILES string of the molecule is CC(C(=O)[O-])c1ccccc1.Cl. The molecule has 3 heteroatoms. The van der Waals surface area contributed by atoms with Gasteiger partial charge in [-0.15, -0.1) is 12.4 Å². The minimum atomic E-state index is -1.03. The van der Waals surface area contributed by atoms with Gasteiger partial charge < -0.3 is 9.90 Å². The second kappa shape index (κ2) is 4.78. The molecule has 0 aliphatic heterocycles. The summed E-state index contributed by atoms with van der Waals surface area (Å²) in [7, 11) is 0. The van der Waals surface area contributed by atoms with Crippen molar-refractivity contribution in [2.24, 2.45) is 0 Å². The Hall–Kier alpha value is -1.02. The molecular formula is C9H10ClO2-. The highest BCUT2D eigenvalue weighted by Gasteiger charge is 2.03. The van der Waals surface area contributed by atoms with Crippen molar-refractivity contribution in [3.63, 3.8) is 0 Å². The van der Waals surface area contributed by atoms with Crippen LogP contribution in [0.5, 0.6) is 0 Å². The molecule has 12 heavy (non-hydrogen) atoms. The maximum atomic E-state index is 10.4. The lowest BCUT2D eigenvalue weighted by atomic mass is 10.0. The van der Waals surface area contributed by atoms with E-state index in [1.54, 1.807) is 19.1 Å². The maximum Gasteiger partial charge on any atom is 0.0486 e. The Morgan fingerprint density at radius 1 is 1.33 bits per heavy atom. The first-order chi connectivity index (χ1) is 5.22. The van der Waals surface area contributed by atoms with Crippen molar-refractivity contribution in [2.75, 3.05) is 0 Å². The average molecular weight is 186 g/mol. The van der Waals surface area contributed by atoms with Gasteiger partial charge in [-0.25, -0.2) is 0 Å². The van der Waals surface area contributed by atoms with Crippen molar-refractivity contribution >= 4 is 18.4 Å². The molecule has 1 atom stereocenters. The predicted molar refractivity (Wildman–Crippen MR) is 47.1 cm³/mol. The van der Waals surface area contributed by atoms with Crippen molar-refractivity contribution in [3.8, 4) is 0 Å². The summed E-state index contributed by atoms with van der Waals surface area (Å²) in [5, 5.41) is 10.4. The van der Waals surface area contributed by atoms with Crippen LogP contribution in [0.15, 0.2) is 30.3 Å². The van der Waals surface area contributed by atoms with E-state index in [1.165, 1.54) is 0 Å². The van der Waals surface area contributed by atoms with E-state index in [1.807, 2.05) is 18.2 Å². The van der Waals surface area contributed by atoms with Crippen molar-refractivity contribution in [1.29, 1.82) is 0 Å². The molecule has 0 saturated heterocycles. The van der Waals surface area contributed by atoms with E-state index in [2.05, 4.69) is 0 Å². The van der Waals surface area contributed by atoms with Crippen molar-refractivity contribution in [2.45, 2.75) is 12.8 Å². The number of carboxylic acid groups (broad SMARTS) is 1. The number of aliphatic carboxylic acids is 1. The van der Waals surface area contributed by atoms with Crippen LogP contribution in [0.3, 0.4) is 0 Å². The van der Waals surface area contributed by atoms with E-state index in [-0.39, 0.29) is 12.4 Å². The number of halogens is 1. The summed E-state index contributed by atoms with van der Waals surface area (Å²) in [5.74, 6) is -1.55. The van der Waals surface area contributed by atoms with Gasteiger partial charge in [0, 0.05) is 11.9 Å². The Bertz CT molecular complexity index is 246. The molecule has 0 saturated carbocycles. The smallest absolute Gasteiger partial charge is 0.0486 e. The molecular weight excluding hydrogens is 176 g/mol. The quantitative estimate of drug-likeness (QED) is 0.689. The van der Waals surface area contributed by atoms with Gasteiger partial charge in [0.15, 0.2) is 0 Å². The number of carboxylic acids is 1. The predicted octanol–water partition coefficient (Wildman–Crippen LogP) is 0.962. The van der Waals surface area contributed by atoms with Gasteiger partial charge in [-0.05, 0) is 5.56 Å². The summed E-state index contributed by atoms with van der Waals surface area (Å²) in [4.78, 5) is 10.4. The summed E-state index contributed by atoms with van der Waals surface area (Å²) in [6.07, 6.45) is 0. The third-order valence-electron chi connectivity index (χ3n) is 1.65. The molecule has 2 nitrogen and oxygen atoms in total. The Morgan fingerprint density at radius 3 is 2.25 bits per heavy atom. The number of hydrogen-bond acceptors (Lipinski definition) is 2. The maximum absolute atomic E-state index is 10.4. The summed E-state index contributed by atoms with van der Waals surface area (Å²) >= 11 is 0. The minimum Gasteiger partial charge on any atom is -0.550 e. The zero-order valence-electron chi connectivity index (χ0n) is 6.69. The molecule has 0 radical (unpaired) electrons. The second-order valence-corrected chi connectivity index (χ2v) is 2.45. The van der Waals surface area contributed by atoms with Gasteiger partial charge in [-0.3, -0.25) is 0 Å². The Labute approximate surface area is 77.6 Å². The van der Waals surface area contributed by atoms with Crippen molar-refractivity contribution < 1.29 is 9.90 Å². The van der Waals surface area contributed by atoms with Crippen molar-refractivity contribution in [1.82, 2.24) is 0 Å². The molecule has 1 aromatic rings. The van der Waals surface area contributed by atoms with Crippen LogP contribution in [0.25, 0.3) is 0 Å². The Kier molecular flexibility index (Phi) is 4.37. The first kappa shape index (κ1) is 11.0. The molecule has 0 aromatic heterocycles. The molecule has 0 amide bonds. The van der Waals surface area contributed by atoms with E-state index in [0.717, 1.165) is 5.56 Å². The third-order valence-corrected chi connectivity index (χ3v) is 1.65. The highest BCUT2D eigenvalue weighted by atomic mass is 35.5. The zero-order chi connectivity index (χ0) is 8.27. The molecule has 1 unspecified atom stereocenters. The van der Waals surface area contributed by atoms with Crippen LogP contribution in [0.2, 0.25) is 0 Å². The van der Waals surface area contributed by atoms with Crippen LogP contribution in [-0.2, 0) is 4.79 Å². The van der Waals surface area contributed by atoms with Gasteiger partial charge in [-0.2, -0.15) is 0 Å². The molecule has 1 aromatic carbocycles. The molecule has 0 N–H and O–H groups in total. The number of benzene rings is 1. The molecule has 66 valence electrons. The van der Waals surface area contributed by atoms with Crippen LogP contribution < -0.4 is 5.11 Å². The Morgan fingerprint density at radius 2 is 1.83 bits per heavy atom. The van der Waals surface area contributed by atoms with Gasteiger partial charge in [0.25, 0.3) is 0 Å². The molecule has 0 spiro atoms. The van der Waals surface area contributed by atoms with Crippen LogP contribution in [0, 0.1) is 0 Å². The van der Waals surface area contributed by atoms with Crippen LogP contribution in [0.1, 0.15) is 18.4 Å². The Balaban J connectivity index is 0.00000121. The number of hydrogen-bond donors (Lipinski definition) is 0. The fourth-order valence-corrected chi connectivity index (χ4v) is 0.878. The summed E-state index contributed by atoms with van der Waals surface area (Å²) < 4.78 is 0. The average Bonchev–Trinajstić information content (AvgIpc) is 2.05. The van der Waals surface area contributed by atoms with E-state index >= 15 is 0 Å². The third kappa shape index (κ3) is 2.55. The van der Waals surface area contributed by atoms with Gasteiger partial charge in [0.2, 0.25) is 0 Å². The molecule has 0 fully saturated rings. The standard InChI is InChI=1S/C9H10O2.ClH/c1-7(9(10)11)8-5-3-2-4-6-8;/h2-7H,1H3,(H,10,11);1H/p-1. The number of carbonyl (C=O) groups excluding carboxylic acids is 1. The molecule has 0 heterocycles. The lowest BCUT2D eigenvalue weighted by molar-refractivity contribution is -0.307. The first-order valence-corrected chi connectivity index (χ1v) is 3.47. The summed E-state index contributed by atoms with van der Waals surface area (Å²) in [5.41, 5.74) is 0.785. The van der Waals surface area contributed by atoms with Crippen molar-refractivity contribution in [3.05, 3.63) is 35.9 Å². The van der Waals surface area contributed by atoms with Crippen LogP contribution in [-0.4, -0.2) is 5.97 Å². The summed E-state index contributed by atoms with van der Waals surface area (Å²) in [6, 6.07) is 9.04. The highest BCUT2D eigenvalue weighted by molar-refractivity contribution is 5.85. The minimum absolute atomic E-state index is 0. The number of rotatable bonds is 2.